The highest BCUT2D eigenvalue weighted by molar-refractivity contribution is 7.17. The molecule has 1 N–H and O–H groups in total. The number of carbonyl (C=O) groups excluding carboxylic acids is 1. The molecule has 4 rings (SSSR count). The lowest BCUT2D eigenvalue weighted by Crippen LogP contribution is -2.51. The summed E-state index contributed by atoms with van der Waals surface area (Å²) in [5, 5.41) is 12.4. The average Bonchev–Trinajstić information content (AvgIpc) is 3.17. The third kappa shape index (κ3) is 2.24. The van der Waals surface area contributed by atoms with E-state index in [1.807, 2.05) is 28.5 Å². The number of amides is 1. The van der Waals surface area contributed by atoms with E-state index in [0.29, 0.717) is 13.2 Å². The molecule has 0 spiro atoms. The number of hydrogen-bond donors (Lipinski definition) is 1. The van der Waals surface area contributed by atoms with Crippen molar-refractivity contribution in [1.29, 1.82) is 0 Å². The summed E-state index contributed by atoms with van der Waals surface area (Å²) in [5.41, 5.74) is 0.800. The second kappa shape index (κ2) is 5.65. The summed E-state index contributed by atoms with van der Waals surface area (Å²) in [7, 11) is 0. The fraction of sp³-hybridized carbons (Fsp3) is 0.471. The Bertz CT molecular complexity index is 698. The Morgan fingerprint density at radius 3 is 3.09 bits per heavy atom. The summed E-state index contributed by atoms with van der Waals surface area (Å²) < 4.78 is 6.97. The Kier molecular flexibility index (Phi) is 3.64. The van der Waals surface area contributed by atoms with Gasteiger partial charge in [-0.3, -0.25) is 4.79 Å². The molecule has 1 aliphatic heterocycles. The topological polar surface area (TPSA) is 49.8 Å². The van der Waals surface area contributed by atoms with Gasteiger partial charge in [0.2, 0.25) is 0 Å². The summed E-state index contributed by atoms with van der Waals surface area (Å²) in [6.45, 7) is 1.41. The van der Waals surface area contributed by atoms with Crippen molar-refractivity contribution in [2.24, 2.45) is 5.92 Å². The van der Waals surface area contributed by atoms with Gasteiger partial charge in [-0.15, -0.1) is 11.3 Å². The zero-order chi connectivity index (χ0) is 15.1. The van der Waals surface area contributed by atoms with Crippen LogP contribution in [0.25, 0.3) is 10.1 Å². The van der Waals surface area contributed by atoms with Crippen molar-refractivity contribution in [3.8, 4) is 0 Å². The van der Waals surface area contributed by atoms with Crippen molar-refractivity contribution in [3.05, 3.63) is 35.2 Å². The SMILES string of the molecule is O=C(c1csc2ccccc12)N1CCO[C@H]2C[C@H](CO)C[C@@H]21. The minimum atomic E-state index is 0.0831. The summed E-state index contributed by atoms with van der Waals surface area (Å²) in [6.07, 6.45) is 1.78. The first kappa shape index (κ1) is 14.2. The maximum atomic E-state index is 13.0. The normalized spacial score (nSPS) is 28.0. The van der Waals surface area contributed by atoms with Crippen LogP contribution in [0.5, 0.6) is 0 Å². The average molecular weight is 317 g/mol. The predicted octanol–water partition coefficient (Wildman–Crippen LogP) is 2.51. The highest BCUT2D eigenvalue weighted by Crippen LogP contribution is 2.36. The van der Waals surface area contributed by atoms with Crippen LogP contribution in [0.3, 0.4) is 0 Å². The molecule has 2 aliphatic rings. The van der Waals surface area contributed by atoms with E-state index in [4.69, 9.17) is 4.74 Å². The summed E-state index contributed by atoms with van der Waals surface area (Å²) in [6, 6.07) is 8.15. The van der Waals surface area contributed by atoms with Crippen LogP contribution in [0.2, 0.25) is 0 Å². The largest absolute Gasteiger partial charge is 0.396 e. The van der Waals surface area contributed by atoms with Gasteiger partial charge < -0.3 is 14.7 Å². The number of morpholine rings is 1. The molecule has 3 atom stereocenters. The third-order valence-electron chi connectivity index (χ3n) is 4.86. The van der Waals surface area contributed by atoms with Crippen LogP contribution in [0.15, 0.2) is 29.6 Å². The van der Waals surface area contributed by atoms with E-state index in [0.717, 1.165) is 28.5 Å². The number of fused-ring (bicyclic) bond motifs is 2. The lowest BCUT2D eigenvalue weighted by Gasteiger charge is -2.37. The van der Waals surface area contributed by atoms with Crippen molar-refractivity contribution in [3.63, 3.8) is 0 Å². The van der Waals surface area contributed by atoms with Crippen LogP contribution in [0.1, 0.15) is 23.2 Å². The number of benzene rings is 1. The number of hydrogen-bond acceptors (Lipinski definition) is 4. The van der Waals surface area contributed by atoms with Gasteiger partial charge in [-0.1, -0.05) is 18.2 Å². The number of rotatable bonds is 2. The number of thiophene rings is 1. The molecule has 1 aromatic carbocycles. The lowest BCUT2D eigenvalue weighted by molar-refractivity contribution is -0.0448. The first-order chi connectivity index (χ1) is 10.8. The fourth-order valence-electron chi connectivity index (χ4n) is 3.75. The highest BCUT2D eigenvalue weighted by atomic mass is 32.1. The zero-order valence-electron chi connectivity index (χ0n) is 12.3. The quantitative estimate of drug-likeness (QED) is 0.926. The van der Waals surface area contributed by atoms with Gasteiger partial charge in [0.1, 0.15) is 0 Å². The van der Waals surface area contributed by atoms with Crippen LogP contribution in [0, 0.1) is 5.92 Å². The molecule has 22 heavy (non-hydrogen) atoms. The third-order valence-corrected chi connectivity index (χ3v) is 5.83. The smallest absolute Gasteiger partial charge is 0.255 e. The maximum absolute atomic E-state index is 13.0. The summed E-state index contributed by atoms with van der Waals surface area (Å²) in [4.78, 5) is 15.0. The van der Waals surface area contributed by atoms with E-state index < -0.39 is 0 Å². The second-order valence-corrected chi connectivity index (χ2v) is 7.05. The van der Waals surface area contributed by atoms with Crippen LogP contribution in [0.4, 0.5) is 0 Å². The monoisotopic (exact) mass is 317 g/mol. The molecule has 116 valence electrons. The number of aliphatic hydroxyl groups excluding tert-OH is 1. The molecule has 1 saturated heterocycles. The van der Waals surface area contributed by atoms with Gasteiger partial charge in [0.05, 0.1) is 24.3 Å². The molecule has 1 aromatic heterocycles. The molecule has 1 saturated carbocycles. The minimum absolute atomic E-state index is 0.0831. The molecule has 2 fully saturated rings. The van der Waals surface area contributed by atoms with Crippen molar-refractivity contribution in [2.75, 3.05) is 19.8 Å². The molecule has 1 amide bonds. The fourth-order valence-corrected chi connectivity index (χ4v) is 4.68. The minimum Gasteiger partial charge on any atom is -0.396 e. The van der Waals surface area contributed by atoms with Crippen molar-refractivity contribution in [2.45, 2.75) is 25.0 Å². The van der Waals surface area contributed by atoms with E-state index >= 15 is 0 Å². The second-order valence-electron chi connectivity index (χ2n) is 6.14. The molecule has 2 heterocycles. The molecular weight excluding hydrogens is 298 g/mol. The number of aliphatic hydroxyl groups is 1. The van der Waals surface area contributed by atoms with Gasteiger partial charge in [0.25, 0.3) is 5.91 Å². The Morgan fingerprint density at radius 2 is 2.23 bits per heavy atom. The molecule has 2 aromatic rings. The maximum Gasteiger partial charge on any atom is 0.255 e. The lowest BCUT2D eigenvalue weighted by atomic mass is 10.1. The molecule has 5 heteroatoms. The predicted molar refractivity (Wildman–Crippen MR) is 86.2 cm³/mol. The number of ether oxygens (including phenoxy) is 1. The van der Waals surface area contributed by atoms with Crippen LogP contribution >= 0.6 is 11.3 Å². The standard InChI is InChI=1S/C17H19NO3S/c19-9-11-7-14-15(8-11)21-6-5-18(14)17(20)13-10-22-16-4-2-1-3-12(13)16/h1-4,10-11,14-15,19H,5-9H2/t11-,14+,15+/m1/s1. The zero-order valence-corrected chi connectivity index (χ0v) is 13.1. The Balaban J connectivity index is 1.64. The van der Waals surface area contributed by atoms with Gasteiger partial charge in [-0.05, 0) is 24.8 Å². The first-order valence-corrected chi connectivity index (χ1v) is 8.65. The van der Waals surface area contributed by atoms with Crippen LogP contribution in [-0.2, 0) is 4.74 Å². The number of nitrogens with zero attached hydrogens (tertiary/aromatic N) is 1. The molecule has 1 aliphatic carbocycles. The van der Waals surface area contributed by atoms with E-state index in [1.54, 1.807) is 11.3 Å². The Morgan fingerprint density at radius 1 is 1.36 bits per heavy atom. The first-order valence-electron chi connectivity index (χ1n) is 7.77. The van der Waals surface area contributed by atoms with Gasteiger partial charge in [0, 0.05) is 28.6 Å². The van der Waals surface area contributed by atoms with E-state index in [9.17, 15) is 9.90 Å². The van der Waals surface area contributed by atoms with Crippen molar-refractivity contribution >= 4 is 27.3 Å². The molecular formula is C17H19NO3S. The highest BCUT2D eigenvalue weighted by Gasteiger charge is 2.43. The van der Waals surface area contributed by atoms with Gasteiger partial charge in [-0.25, -0.2) is 0 Å². The molecule has 0 radical (unpaired) electrons. The molecule has 4 nitrogen and oxygen atoms in total. The van der Waals surface area contributed by atoms with E-state index in [2.05, 4.69) is 6.07 Å². The summed E-state index contributed by atoms with van der Waals surface area (Å²) >= 11 is 1.62. The van der Waals surface area contributed by atoms with Gasteiger partial charge >= 0.3 is 0 Å². The van der Waals surface area contributed by atoms with E-state index in [1.165, 1.54) is 0 Å². The Labute approximate surface area is 133 Å². The summed E-state index contributed by atoms with van der Waals surface area (Å²) in [5.74, 6) is 0.358. The van der Waals surface area contributed by atoms with E-state index in [-0.39, 0.29) is 30.6 Å². The molecule has 0 unspecified atom stereocenters. The van der Waals surface area contributed by atoms with Crippen LogP contribution < -0.4 is 0 Å². The van der Waals surface area contributed by atoms with Gasteiger partial charge in [-0.2, -0.15) is 0 Å². The Hall–Kier alpha value is -1.43. The van der Waals surface area contributed by atoms with Crippen molar-refractivity contribution in [1.82, 2.24) is 4.90 Å². The van der Waals surface area contributed by atoms with Crippen molar-refractivity contribution < 1.29 is 14.6 Å². The van der Waals surface area contributed by atoms with Crippen LogP contribution in [-0.4, -0.2) is 47.8 Å². The van der Waals surface area contributed by atoms with Gasteiger partial charge in [0.15, 0.2) is 0 Å². The molecule has 0 bridgehead atoms. The number of carbonyl (C=O) groups is 1.